The van der Waals surface area contributed by atoms with Gasteiger partial charge in [0, 0.05) is 45.8 Å². The molecule has 2 rings (SSSR count). The zero-order valence-electron chi connectivity index (χ0n) is 13.0. The van der Waals surface area contributed by atoms with E-state index in [0.717, 1.165) is 26.2 Å². The van der Waals surface area contributed by atoms with Gasteiger partial charge in [0.05, 0.1) is 12.7 Å². The molecule has 0 bridgehead atoms. The first kappa shape index (κ1) is 15.2. The van der Waals surface area contributed by atoms with Gasteiger partial charge in [-0.25, -0.2) is 0 Å². The van der Waals surface area contributed by atoms with Gasteiger partial charge in [0.1, 0.15) is 0 Å². The molecule has 0 aromatic rings. The largest absolute Gasteiger partial charge is 0.374 e. The molecule has 19 heavy (non-hydrogen) atoms. The highest BCUT2D eigenvalue weighted by atomic mass is 16.5. The number of hydrogen-bond acceptors (Lipinski definition) is 4. The molecule has 0 amide bonds. The van der Waals surface area contributed by atoms with Gasteiger partial charge in [0.2, 0.25) is 0 Å². The second kappa shape index (κ2) is 7.02. The molecule has 1 N–H and O–H groups in total. The van der Waals surface area contributed by atoms with Crippen LogP contribution in [0.15, 0.2) is 0 Å². The lowest BCUT2D eigenvalue weighted by atomic mass is 9.92. The lowest BCUT2D eigenvalue weighted by molar-refractivity contribution is 0.00131. The van der Waals surface area contributed by atoms with Crippen LogP contribution in [-0.2, 0) is 4.74 Å². The van der Waals surface area contributed by atoms with Gasteiger partial charge in [0.25, 0.3) is 0 Å². The van der Waals surface area contributed by atoms with Crippen LogP contribution in [0.3, 0.4) is 0 Å². The van der Waals surface area contributed by atoms with E-state index >= 15 is 0 Å². The highest BCUT2D eigenvalue weighted by Gasteiger charge is 2.20. The van der Waals surface area contributed by atoms with E-state index in [1.807, 2.05) is 0 Å². The third-order valence-corrected chi connectivity index (χ3v) is 4.15. The summed E-state index contributed by atoms with van der Waals surface area (Å²) < 4.78 is 5.78. The van der Waals surface area contributed by atoms with E-state index in [0.29, 0.717) is 11.5 Å². The molecule has 2 aliphatic heterocycles. The predicted molar refractivity (Wildman–Crippen MR) is 79.6 cm³/mol. The Morgan fingerprint density at radius 2 is 1.58 bits per heavy atom. The van der Waals surface area contributed by atoms with Crippen LogP contribution in [0.4, 0.5) is 0 Å². The number of hydrogen-bond donors (Lipinski definition) is 1. The molecule has 0 unspecified atom stereocenters. The van der Waals surface area contributed by atoms with Crippen LogP contribution in [0.2, 0.25) is 0 Å². The van der Waals surface area contributed by atoms with E-state index in [1.54, 1.807) is 0 Å². The second-order valence-corrected chi connectivity index (χ2v) is 7.14. The predicted octanol–water partition coefficient (Wildman–Crippen LogP) is 1.03. The highest BCUT2D eigenvalue weighted by Crippen LogP contribution is 2.19. The smallest absolute Gasteiger partial charge is 0.0824 e. The van der Waals surface area contributed by atoms with E-state index in [-0.39, 0.29) is 0 Å². The van der Waals surface area contributed by atoms with Crippen molar-refractivity contribution in [3.63, 3.8) is 0 Å². The molecule has 112 valence electrons. The summed E-state index contributed by atoms with van der Waals surface area (Å²) in [5, 5.41) is 3.24. The molecule has 4 heteroatoms. The van der Waals surface area contributed by atoms with Crippen molar-refractivity contribution in [1.82, 2.24) is 15.1 Å². The van der Waals surface area contributed by atoms with Crippen molar-refractivity contribution in [2.24, 2.45) is 5.41 Å². The lowest BCUT2D eigenvalue weighted by Gasteiger charge is -2.36. The summed E-state index contributed by atoms with van der Waals surface area (Å²) in [5.74, 6) is 0. The van der Waals surface area contributed by atoms with Crippen molar-refractivity contribution in [2.75, 3.05) is 59.0 Å². The molecular weight excluding hydrogens is 238 g/mol. The van der Waals surface area contributed by atoms with Gasteiger partial charge in [0.15, 0.2) is 0 Å². The van der Waals surface area contributed by atoms with Crippen LogP contribution in [0.5, 0.6) is 0 Å². The van der Waals surface area contributed by atoms with Gasteiger partial charge in [-0.2, -0.15) is 0 Å². The minimum Gasteiger partial charge on any atom is -0.374 e. The second-order valence-electron chi connectivity index (χ2n) is 7.14. The average Bonchev–Trinajstić information content (AvgIpc) is 2.30. The maximum absolute atomic E-state index is 5.78. The summed E-state index contributed by atoms with van der Waals surface area (Å²) in [6, 6.07) is 0. The van der Waals surface area contributed by atoms with Crippen molar-refractivity contribution in [3.8, 4) is 0 Å². The SMILES string of the molecule is CC(C)(C)CCN1CCN(CCOC2CNC2)CC1. The summed E-state index contributed by atoms with van der Waals surface area (Å²) in [5.41, 5.74) is 0.460. The Balaban J connectivity index is 1.52. The van der Waals surface area contributed by atoms with E-state index in [1.165, 1.54) is 39.1 Å². The summed E-state index contributed by atoms with van der Waals surface area (Å²) in [6.07, 6.45) is 1.78. The van der Waals surface area contributed by atoms with E-state index in [9.17, 15) is 0 Å². The number of nitrogens with zero attached hydrogens (tertiary/aromatic N) is 2. The third-order valence-electron chi connectivity index (χ3n) is 4.15. The molecule has 0 atom stereocenters. The Morgan fingerprint density at radius 1 is 1.00 bits per heavy atom. The van der Waals surface area contributed by atoms with Gasteiger partial charge in [-0.3, -0.25) is 4.90 Å². The summed E-state index contributed by atoms with van der Waals surface area (Å²) in [4.78, 5) is 5.15. The Labute approximate surface area is 118 Å². The molecule has 2 fully saturated rings. The fourth-order valence-electron chi connectivity index (χ4n) is 2.46. The fraction of sp³-hybridized carbons (Fsp3) is 1.00. The molecule has 2 heterocycles. The summed E-state index contributed by atoms with van der Waals surface area (Å²) in [6.45, 7) is 17.2. The Kier molecular flexibility index (Phi) is 5.63. The molecule has 0 saturated carbocycles. The van der Waals surface area contributed by atoms with Crippen LogP contribution in [-0.4, -0.2) is 74.9 Å². The molecule has 0 aromatic carbocycles. The molecule has 0 aliphatic carbocycles. The third kappa shape index (κ3) is 5.78. The molecular formula is C15H31N3O. The van der Waals surface area contributed by atoms with Gasteiger partial charge >= 0.3 is 0 Å². The number of ether oxygens (including phenoxy) is 1. The molecule has 2 aliphatic rings. The van der Waals surface area contributed by atoms with Crippen LogP contribution >= 0.6 is 0 Å². The van der Waals surface area contributed by atoms with Crippen molar-refractivity contribution in [1.29, 1.82) is 0 Å². The Morgan fingerprint density at radius 3 is 2.05 bits per heavy atom. The lowest BCUT2D eigenvalue weighted by Crippen LogP contribution is -2.50. The first-order valence-corrected chi connectivity index (χ1v) is 7.80. The Hall–Kier alpha value is -0.160. The van der Waals surface area contributed by atoms with E-state index in [2.05, 4.69) is 35.9 Å². The summed E-state index contributed by atoms with van der Waals surface area (Å²) >= 11 is 0. The molecule has 0 aromatic heterocycles. The van der Waals surface area contributed by atoms with Crippen molar-refractivity contribution >= 4 is 0 Å². The zero-order chi connectivity index (χ0) is 13.7. The standard InChI is InChI=1S/C15H31N3O/c1-15(2,3)4-5-17-6-8-18(9-7-17)10-11-19-14-12-16-13-14/h14,16H,4-13H2,1-3H3. The van der Waals surface area contributed by atoms with Crippen LogP contribution in [0.25, 0.3) is 0 Å². The van der Waals surface area contributed by atoms with Crippen molar-refractivity contribution < 1.29 is 4.74 Å². The first-order chi connectivity index (χ1) is 9.03. The van der Waals surface area contributed by atoms with Crippen molar-refractivity contribution in [3.05, 3.63) is 0 Å². The van der Waals surface area contributed by atoms with Gasteiger partial charge < -0.3 is 15.0 Å². The minimum atomic E-state index is 0.460. The highest BCUT2D eigenvalue weighted by molar-refractivity contribution is 4.76. The van der Waals surface area contributed by atoms with E-state index < -0.39 is 0 Å². The molecule has 0 spiro atoms. The number of piperazine rings is 1. The van der Waals surface area contributed by atoms with Gasteiger partial charge in [-0.15, -0.1) is 0 Å². The molecule has 2 saturated heterocycles. The fourth-order valence-corrected chi connectivity index (χ4v) is 2.46. The van der Waals surface area contributed by atoms with Crippen LogP contribution in [0, 0.1) is 5.41 Å². The van der Waals surface area contributed by atoms with Gasteiger partial charge in [-0.05, 0) is 18.4 Å². The first-order valence-electron chi connectivity index (χ1n) is 7.80. The topological polar surface area (TPSA) is 27.7 Å². The van der Waals surface area contributed by atoms with Crippen LogP contribution in [0.1, 0.15) is 27.2 Å². The maximum atomic E-state index is 5.78. The average molecular weight is 269 g/mol. The number of nitrogens with one attached hydrogen (secondary N) is 1. The quantitative estimate of drug-likeness (QED) is 0.779. The monoisotopic (exact) mass is 269 g/mol. The van der Waals surface area contributed by atoms with Crippen LogP contribution < -0.4 is 5.32 Å². The number of rotatable bonds is 6. The van der Waals surface area contributed by atoms with Gasteiger partial charge in [-0.1, -0.05) is 20.8 Å². The molecule has 4 nitrogen and oxygen atoms in total. The minimum absolute atomic E-state index is 0.460. The maximum Gasteiger partial charge on any atom is 0.0824 e. The normalized spacial score (nSPS) is 23.5. The van der Waals surface area contributed by atoms with Crippen molar-refractivity contribution in [2.45, 2.75) is 33.3 Å². The molecule has 0 radical (unpaired) electrons. The summed E-state index contributed by atoms with van der Waals surface area (Å²) in [7, 11) is 0. The Bertz CT molecular complexity index is 253. The zero-order valence-corrected chi connectivity index (χ0v) is 13.0. The van der Waals surface area contributed by atoms with E-state index in [4.69, 9.17) is 4.74 Å².